The van der Waals surface area contributed by atoms with E-state index in [4.69, 9.17) is 25.8 Å². The van der Waals surface area contributed by atoms with Crippen LogP contribution in [0, 0.1) is 13.8 Å². The number of hydrogen-bond donors (Lipinski definition) is 1. The first-order chi connectivity index (χ1) is 14.4. The number of nitrogens with zero attached hydrogens (tertiary/aromatic N) is 1. The normalized spacial score (nSPS) is 10.5. The molecule has 0 aliphatic carbocycles. The Labute approximate surface area is 180 Å². The highest BCUT2D eigenvalue weighted by Crippen LogP contribution is 2.47. The third-order valence-electron chi connectivity index (χ3n) is 4.72. The number of aryl methyl sites for hydroxylation is 2. The number of ether oxygens (including phenoxy) is 3. The Balaban J connectivity index is 2.01. The number of anilines is 1. The van der Waals surface area contributed by atoms with E-state index in [1.54, 1.807) is 18.3 Å². The third kappa shape index (κ3) is 4.19. The highest BCUT2D eigenvalue weighted by Gasteiger charge is 2.21. The average Bonchev–Trinajstić information content (AvgIpc) is 2.75. The van der Waals surface area contributed by atoms with Gasteiger partial charge >= 0.3 is 0 Å². The minimum atomic E-state index is -0.262. The third-order valence-corrected chi connectivity index (χ3v) is 5.10. The highest BCUT2D eigenvalue weighted by atomic mass is 35.5. The number of methoxy groups -OCH3 is 3. The van der Waals surface area contributed by atoms with Crippen LogP contribution in [0.25, 0.3) is 11.1 Å². The summed E-state index contributed by atoms with van der Waals surface area (Å²) in [5.74, 6) is 0.935. The number of hydrogen-bond acceptors (Lipinski definition) is 5. The zero-order valence-corrected chi connectivity index (χ0v) is 18.3. The van der Waals surface area contributed by atoms with Crippen LogP contribution in [0.5, 0.6) is 17.2 Å². The fraction of sp³-hybridized carbons (Fsp3) is 0.217. The van der Waals surface area contributed by atoms with Gasteiger partial charge in [0, 0.05) is 29.2 Å². The molecule has 2 aromatic carbocycles. The van der Waals surface area contributed by atoms with Crippen molar-refractivity contribution in [3.8, 4) is 28.4 Å². The van der Waals surface area contributed by atoms with Crippen molar-refractivity contribution in [2.75, 3.05) is 26.6 Å². The first-order valence-electron chi connectivity index (χ1n) is 9.22. The summed E-state index contributed by atoms with van der Waals surface area (Å²) < 4.78 is 16.2. The predicted molar refractivity (Wildman–Crippen MR) is 118 cm³/mol. The van der Waals surface area contributed by atoms with Gasteiger partial charge in [-0.3, -0.25) is 9.78 Å². The lowest BCUT2D eigenvalue weighted by atomic mass is 10.0. The quantitative estimate of drug-likeness (QED) is 0.579. The van der Waals surface area contributed by atoms with Crippen LogP contribution in [-0.4, -0.2) is 32.2 Å². The molecule has 30 heavy (non-hydrogen) atoms. The van der Waals surface area contributed by atoms with Crippen LogP contribution in [0.2, 0.25) is 5.02 Å². The molecule has 0 atom stereocenters. The van der Waals surface area contributed by atoms with Crippen molar-refractivity contribution in [2.45, 2.75) is 13.8 Å². The molecule has 6 nitrogen and oxygen atoms in total. The number of rotatable bonds is 6. The Hall–Kier alpha value is -3.25. The zero-order chi connectivity index (χ0) is 21.8. The highest BCUT2D eigenvalue weighted by molar-refractivity contribution is 6.35. The molecule has 0 unspecified atom stereocenters. The molecule has 7 heteroatoms. The largest absolute Gasteiger partial charge is 0.493 e. The van der Waals surface area contributed by atoms with E-state index in [2.05, 4.69) is 10.3 Å². The van der Waals surface area contributed by atoms with E-state index in [1.165, 1.54) is 27.5 Å². The molecule has 0 saturated carbocycles. The Morgan fingerprint density at radius 1 is 0.967 bits per heavy atom. The molecule has 156 valence electrons. The summed E-state index contributed by atoms with van der Waals surface area (Å²) in [7, 11) is 4.54. The minimum Gasteiger partial charge on any atom is -0.493 e. The van der Waals surface area contributed by atoms with E-state index >= 15 is 0 Å². The SMILES string of the molecule is COc1cc(-c2cncc(C(=O)Nc3cc(C)ccc3C)c2)c(Cl)c(OC)c1OC. The van der Waals surface area contributed by atoms with Crippen LogP contribution in [0.4, 0.5) is 5.69 Å². The summed E-state index contributed by atoms with van der Waals surface area (Å²) in [5, 5.41) is 3.28. The predicted octanol–water partition coefficient (Wildman–Crippen LogP) is 5.30. The molecule has 1 heterocycles. The summed E-state index contributed by atoms with van der Waals surface area (Å²) in [4.78, 5) is 17.1. The van der Waals surface area contributed by atoms with Crippen molar-refractivity contribution in [3.63, 3.8) is 0 Å². The second-order valence-corrected chi connectivity index (χ2v) is 7.12. The Bertz CT molecular complexity index is 1100. The molecule has 0 fully saturated rings. The summed E-state index contributed by atoms with van der Waals surface area (Å²) in [6, 6.07) is 9.35. The van der Waals surface area contributed by atoms with Crippen molar-refractivity contribution >= 4 is 23.2 Å². The number of carbonyl (C=O) groups excluding carboxylic acids is 1. The molecular formula is C23H23ClN2O4. The Kier molecular flexibility index (Phi) is 6.47. The second-order valence-electron chi connectivity index (χ2n) is 6.74. The maximum absolute atomic E-state index is 12.8. The monoisotopic (exact) mass is 426 g/mol. The van der Waals surface area contributed by atoms with Crippen LogP contribution in [-0.2, 0) is 0 Å². The minimum absolute atomic E-state index is 0.262. The molecule has 1 N–H and O–H groups in total. The number of aromatic nitrogens is 1. The van der Waals surface area contributed by atoms with Crippen molar-refractivity contribution in [3.05, 3.63) is 64.4 Å². The van der Waals surface area contributed by atoms with Crippen LogP contribution in [0.15, 0.2) is 42.7 Å². The van der Waals surface area contributed by atoms with E-state index < -0.39 is 0 Å². The fourth-order valence-electron chi connectivity index (χ4n) is 3.11. The van der Waals surface area contributed by atoms with Crippen molar-refractivity contribution in [2.24, 2.45) is 0 Å². The maximum Gasteiger partial charge on any atom is 0.257 e. The Morgan fingerprint density at radius 3 is 2.37 bits per heavy atom. The van der Waals surface area contributed by atoms with Crippen LogP contribution >= 0.6 is 11.6 Å². The number of pyridine rings is 1. The van der Waals surface area contributed by atoms with E-state index in [0.29, 0.717) is 39.0 Å². The van der Waals surface area contributed by atoms with Crippen molar-refractivity contribution < 1.29 is 19.0 Å². The van der Waals surface area contributed by atoms with Gasteiger partial charge in [0.25, 0.3) is 5.91 Å². The summed E-state index contributed by atoms with van der Waals surface area (Å²) in [5.41, 5.74) is 4.46. The van der Waals surface area contributed by atoms with E-state index in [-0.39, 0.29) is 5.91 Å². The Morgan fingerprint density at radius 2 is 1.70 bits per heavy atom. The van der Waals surface area contributed by atoms with E-state index in [0.717, 1.165) is 16.8 Å². The topological polar surface area (TPSA) is 69.7 Å². The number of amides is 1. The van der Waals surface area contributed by atoms with Gasteiger partial charge in [-0.05, 0) is 43.2 Å². The molecule has 1 amide bonds. The molecule has 3 rings (SSSR count). The van der Waals surface area contributed by atoms with Gasteiger partial charge in [-0.1, -0.05) is 23.7 Å². The van der Waals surface area contributed by atoms with Gasteiger partial charge in [-0.2, -0.15) is 0 Å². The molecule has 0 spiro atoms. The molecule has 0 aliphatic rings. The summed E-state index contributed by atoms with van der Waals surface area (Å²) in [6.07, 6.45) is 3.14. The van der Waals surface area contributed by atoms with Gasteiger partial charge in [0.15, 0.2) is 11.5 Å². The van der Waals surface area contributed by atoms with E-state index in [9.17, 15) is 4.79 Å². The standard InChI is InChI=1S/C23H23ClN2O4/c1-13-6-7-14(2)18(8-13)26-23(27)16-9-15(11-25-12-16)17-10-19(28-3)21(29-4)22(30-5)20(17)24/h6-12H,1-5H3,(H,26,27). The first kappa shape index (κ1) is 21.5. The first-order valence-corrected chi connectivity index (χ1v) is 9.59. The zero-order valence-electron chi connectivity index (χ0n) is 17.5. The summed E-state index contributed by atoms with van der Waals surface area (Å²) in [6.45, 7) is 3.92. The molecule has 1 aromatic heterocycles. The van der Waals surface area contributed by atoms with Crippen LogP contribution in [0.1, 0.15) is 21.5 Å². The molecule has 0 saturated heterocycles. The lowest BCUT2D eigenvalue weighted by molar-refractivity contribution is 0.102. The molecular weight excluding hydrogens is 404 g/mol. The molecule has 0 aliphatic heterocycles. The number of nitrogens with one attached hydrogen (secondary N) is 1. The van der Waals surface area contributed by atoms with Gasteiger partial charge in [-0.25, -0.2) is 0 Å². The maximum atomic E-state index is 12.8. The number of benzene rings is 2. The van der Waals surface area contributed by atoms with Gasteiger partial charge in [-0.15, -0.1) is 0 Å². The van der Waals surface area contributed by atoms with Gasteiger partial charge in [0.1, 0.15) is 0 Å². The van der Waals surface area contributed by atoms with Crippen molar-refractivity contribution in [1.29, 1.82) is 0 Å². The smallest absolute Gasteiger partial charge is 0.257 e. The van der Waals surface area contributed by atoms with Gasteiger partial charge in [0.05, 0.1) is 31.9 Å². The van der Waals surface area contributed by atoms with Gasteiger partial charge < -0.3 is 19.5 Å². The van der Waals surface area contributed by atoms with Crippen LogP contribution < -0.4 is 19.5 Å². The lowest BCUT2D eigenvalue weighted by Crippen LogP contribution is -2.13. The molecule has 0 bridgehead atoms. The summed E-state index contributed by atoms with van der Waals surface area (Å²) >= 11 is 6.57. The van der Waals surface area contributed by atoms with Crippen LogP contribution in [0.3, 0.4) is 0 Å². The number of carbonyl (C=O) groups is 1. The second kappa shape index (κ2) is 9.05. The van der Waals surface area contributed by atoms with Crippen molar-refractivity contribution in [1.82, 2.24) is 4.98 Å². The fourth-order valence-corrected chi connectivity index (χ4v) is 3.43. The molecule has 0 radical (unpaired) electrons. The van der Waals surface area contributed by atoms with E-state index in [1.807, 2.05) is 32.0 Å². The average molecular weight is 427 g/mol. The number of halogens is 1. The van der Waals surface area contributed by atoms with Gasteiger partial charge in [0.2, 0.25) is 5.75 Å². The lowest BCUT2D eigenvalue weighted by Gasteiger charge is -2.17. The molecule has 3 aromatic rings.